The number of methoxy groups -OCH3 is 1. The molecule has 3 heterocycles. The molecule has 0 radical (unpaired) electrons. The number of nitrogens with zero attached hydrogens (tertiary/aromatic N) is 3. The number of aryl methyl sites for hydroxylation is 1. The Hall–Kier alpha value is -2.61. The van der Waals surface area contributed by atoms with E-state index in [2.05, 4.69) is 10.00 Å². The van der Waals surface area contributed by atoms with Crippen LogP contribution in [0.25, 0.3) is 0 Å². The molecule has 1 aliphatic heterocycles. The lowest BCUT2D eigenvalue weighted by molar-refractivity contribution is -0.140. The van der Waals surface area contributed by atoms with Gasteiger partial charge < -0.3 is 14.3 Å². The maximum Gasteiger partial charge on any atom is 0.306 e. The van der Waals surface area contributed by atoms with Crippen molar-refractivity contribution < 1.29 is 19.1 Å². The molecule has 1 saturated heterocycles. The highest BCUT2D eigenvalue weighted by Crippen LogP contribution is 2.33. The number of carbonyl (C=O) groups excluding carboxylic acids is 1. The summed E-state index contributed by atoms with van der Waals surface area (Å²) in [7, 11) is 3.05. The zero-order valence-electron chi connectivity index (χ0n) is 15.7. The molecule has 1 unspecified atom stereocenters. The summed E-state index contributed by atoms with van der Waals surface area (Å²) in [4.78, 5) is 26.5. The van der Waals surface area contributed by atoms with Gasteiger partial charge in [0.25, 0.3) is 0 Å². The third kappa shape index (κ3) is 4.57. The number of hydrogen-bond acceptors (Lipinski definition) is 7. The Morgan fingerprint density at radius 2 is 2.11 bits per heavy atom. The van der Waals surface area contributed by atoms with Crippen molar-refractivity contribution in [1.29, 1.82) is 0 Å². The van der Waals surface area contributed by atoms with Crippen molar-refractivity contribution in [3.63, 3.8) is 0 Å². The van der Waals surface area contributed by atoms with Crippen LogP contribution < -0.4 is 5.43 Å². The van der Waals surface area contributed by atoms with Crippen LogP contribution in [0.15, 0.2) is 27.7 Å². The van der Waals surface area contributed by atoms with E-state index >= 15 is 0 Å². The van der Waals surface area contributed by atoms with E-state index in [0.717, 1.165) is 25.9 Å². The fourth-order valence-corrected chi connectivity index (χ4v) is 3.44. The van der Waals surface area contributed by atoms with Crippen molar-refractivity contribution in [3.05, 3.63) is 45.8 Å². The first-order valence-corrected chi connectivity index (χ1v) is 9.11. The van der Waals surface area contributed by atoms with Crippen molar-refractivity contribution in [3.8, 4) is 5.75 Å². The van der Waals surface area contributed by atoms with Crippen molar-refractivity contribution in [2.45, 2.75) is 38.1 Å². The molecule has 1 atom stereocenters. The number of aromatic nitrogens is 2. The van der Waals surface area contributed by atoms with Gasteiger partial charge in [0.05, 0.1) is 32.2 Å². The highest BCUT2D eigenvalue weighted by Gasteiger charge is 2.28. The van der Waals surface area contributed by atoms with Crippen LogP contribution >= 0.6 is 0 Å². The molecule has 2 aromatic rings. The van der Waals surface area contributed by atoms with Gasteiger partial charge in [-0.05, 0) is 25.9 Å². The van der Waals surface area contributed by atoms with Crippen molar-refractivity contribution in [1.82, 2.24) is 14.7 Å². The summed E-state index contributed by atoms with van der Waals surface area (Å²) in [6.07, 6.45) is 6.70. The molecule has 1 fully saturated rings. The lowest BCUT2D eigenvalue weighted by Gasteiger charge is -2.26. The second-order valence-corrected chi connectivity index (χ2v) is 6.91. The number of ether oxygens (including phenoxy) is 1. The van der Waals surface area contributed by atoms with Crippen molar-refractivity contribution >= 4 is 5.97 Å². The fourth-order valence-electron chi connectivity index (χ4n) is 3.44. The average molecular weight is 375 g/mol. The highest BCUT2D eigenvalue weighted by atomic mass is 16.5. The quantitative estimate of drug-likeness (QED) is 0.768. The maximum absolute atomic E-state index is 12.3. The van der Waals surface area contributed by atoms with Gasteiger partial charge in [0, 0.05) is 24.9 Å². The SMILES string of the molecule is COC(=O)CC(c1cnn(C)c1)c1oc(CN2CCCCC2)cc(=O)c1O. The second-order valence-electron chi connectivity index (χ2n) is 6.91. The van der Waals surface area contributed by atoms with E-state index < -0.39 is 23.1 Å². The Bertz CT molecular complexity index is 851. The number of piperidine rings is 1. The first-order valence-electron chi connectivity index (χ1n) is 9.11. The average Bonchev–Trinajstić information content (AvgIpc) is 3.09. The molecule has 0 aromatic carbocycles. The lowest BCUT2D eigenvalue weighted by Crippen LogP contribution is -2.29. The van der Waals surface area contributed by atoms with Crippen LogP contribution in [0.4, 0.5) is 0 Å². The topological polar surface area (TPSA) is 97.8 Å². The van der Waals surface area contributed by atoms with Crippen molar-refractivity contribution in [2.24, 2.45) is 7.05 Å². The third-order valence-electron chi connectivity index (χ3n) is 4.87. The summed E-state index contributed by atoms with van der Waals surface area (Å²) in [5, 5.41) is 14.5. The van der Waals surface area contributed by atoms with E-state index in [9.17, 15) is 14.7 Å². The molecule has 8 heteroatoms. The van der Waals surface area contributed by atoms with Crippen LogP contribution in [0.3, 0.4) is 0 Å². The normalized spacial score (nSPS) is 16.2. The summed E-state index contributed by atoms with van der Waals surface area (Å²) < 4.78 is 12.3. The Morgan fingerprint density at radius 1 is 1.37 bits per heavy atom. The largest absolute Gasteiger partial charge is 0.502 e. The van der Waals surface area contributed by atoms with Crippen molar-refractivity contribution in [2.75, 3.05) is 20.2 Å². The number of likely N-dealkylation sites (tertiary alicyclic amines) is 1. The van der Waals surface area contributed by atoms with Crippen LogP contribution in [0.2, 0.25) is 0 Å². The Kier molecular flexibility index (Phi) is 5.95. The zero-order valence-corrected chi connectivity index (χ0v) is 15.7. The molecular formula is C19H25N3O5. The molecule has 0 spiro atoms. The van der Waals surface area contributed by atoms with E-state index in [-0.39, 0.29) is 12.2 Å². The Labute approximate surface area is 157 Å². The molecule has 1 N–H and O–H groups in total. The summed E-state index contributed by atoms with van der Waals surface area (Å²) in [6, 6.07) is 1.33. The van der Waals surface area contributed by atoms with Gasteiger partial charge in [-0.2, -0.15) is 5.10 Å². The Balaban J connectivity index is 1.97. The maximum atomic E-state index is 12.3. The highest BCUT2D eigenvalue weighted by molar-refractivity contribution is 5.71. The summed E-state index contributed by atoms with van der Waals surface area (Å²) in [5.41, 5.74) is 0.151. The van der Waals surface area contributed by atoms with E-state index in [0.29, 0.717) is 17.9 Å². The predicted octanol–water partition coefficient (Wildman–Crippen LogP) is 1.76. The van der Waals surface area contributed by atoms with Crippen LogP contribution in [0.1, 0.15) is 48.7 Å². The summed E-state index contributed by atoms with van der Waals surface area (Å²) in [6.45, 7) is 2.41. The molecule has 0 saturated carbocycles. The number of carbonyl (C=O) groups is 1. The molecule has 27 heavy (non-hydrogen) atoms. The number of aromatic hydroxyl groups is 1. The summed E-state index contributed by atoms with van der Waals surface area (Å²) in [5.74, 6) is -1.04. The molecule has 0 aliphatic carbocycles. The van der Waals surface area contributed by atoms with Gasteiger partial charge in [0.1, 0.15) is 5.76 Å². The third-order valence-corrected chi connectivity index (χ3v) is 4.87. The van der Waals surface area contributed by atoms with Crippen LogP contribution in [-0.2, 0) is 23.1 Å². The number of rotatable bonds is 6. The van der Waals surface area contributed by atoms with Crippen LogP contribution in [0.5, 0.6) is 5.75 Å². The standard InChI is InChI=1S/C19H25N3O5/c1-21-11-13(10-20-21)15(9-17(24)26-2)19-18(25)16(23)8-14(27-19)12-22-6-4-3-5-7-22/h8,10-11,15,25H,3-7,9,12H2,1-2H3. The lowest BCUT2D eigenvalue weighted by atomic mass is 9.94. The van der Waals surface area contributed by atoms with Gasteiger partial charge in [0.2, 0.25) is 11.2 Å². The summed E-state index contributed by atoms with van der Waals surface area (Å²) >= 11 is 0. The smallest absolute Gasteiger partial charge is 0.306 e. The molecule has 3 rings (SSSR count). The minimum absolute atomic E-state index is 0.0636. The first-order chi connectivity index (χ1) is 13.0. The molecule has 2 aromatic heterocycles. The molecule has 0 bridgehead atoms. The first kappa shape index (κ1) is 19.2. The van der Waals surface area contributed by atoms with Gasteiger partial charge in [-0.15, -0.1) is 0 Å². The van der Waals surface area contributed by atoms with E-state index in [1.54, 1.807) is 24.1 Å². The van der Waals surface area contributed by atoms with E-state index in [1.807, 2.05) is 0 Å². The van der Waals surface area contributed by atoms with Gasteiger partial charge in [-0.25, -0.2) is 0 Å². The molecule has 1 aliphatic rings. The monoisotopic (exact) mass is 375 g/mol. The van der Waals surface area contributed by atoms with E-state index in [4.69, 9.17) is 9.15 Å². The number of hydrogen-bond donors (Lipinski definition) is 1. The molecule has 8 nitrogen and oxygen atoms in total. The van der Waals surface area contributed by atoms with E-state index in [1.165, 1.54) is 19.6 Å². The Morgan fingerprint density at radius 3 is 2.74 bits per heavy atom. The molecule has 146 valence electrons. The number of esters is 1. The van der Waals surface area contributed by atoms with Crippen LogP contribution in [0, 0.1) is 0 Å². The molecular weight excluding hydrogens is 350 g/mol. The minimum atomic E-state index is -0.653. The van der Waals surface area contributed by atoms with Gasteiger partial charge in [-0.3, -0.25) is 19.2 Å². The fraction of sp³-hybridized carbons (Fsp3) is 0.526. The van der Waals surface area contributed by atoms with Crippen LogP contribution in [-0.4, -0.2) is 46.0 Å². The second kappa shape index (κ2) is 8.39. The minimum Gasteiger partial charge on any atom is -0.502 e. The van der Waals surface area contributed by atoms with Gasteiger partial charge in [0.15, 0.2) is 5.76 Å². The van der Waals surface area contributed by atoms with Gasteiger partial charge >= 0.3 is 5.97 Å². The predicted molar refractivity (Wildman–Crippen MR) is 97.5 cm³/mol. The van der Waals surface area contributed by atoms with Gasteiger partial charge in [-0.1, -0.05) is 6.42 Å². The molecule has 0 amide bonds. The zero-order chi connectivity index (χ0) is 19.4.